The lowest BCUT2D eigenvalue weighted by atomic mass is 10.2. The molecule has 0 amide bonds. The van der Waals surface area contributed by atoms with Crippen molar-refractivity contribution in [3.05, 3.63) is 47.0 Å². The van der Waals surface area contributed by atoms with Crippen molar-refractivity contribution in [2.45, 2.75) is 13.3 Å². The van der Waals surface area contributed by atoms with Crippen LogP contribution in [0, 0.1) is 11.6 Å². The number of anilines is 1. The number of benzene rings is 2. The number of nitrogens with two attached hydrogens (primary N) is 1. The van der Waals surface area contributed by atoms with Crippen LogP contribution in [0.3, 0.4) is 0 Å². The summed E-state index contributed by atoms with van der Waals surface area (Å²) in [6.45, 7) is 2.25. The highest BCUT2D eigenvalue weighted by molar-refractivity contribution is 6.30. The largest absolute Gasteiger partial charge is 0.490 e. The lowest BCUT2D eigenvalue weighted by Crippen LogP contribution is -2.01. The van der Waals surface area contributed by atoms with E-state index in [1.807, 2.05) is 6.92 Å². The minimum atomic E-state index is -0.709. The zero-order valence-electron chi connectivity index (χ0n) is 11.3. The van der Waals surface area contributed by atoms with Crippen LogP contribution in [0.5, 0.6) is 17.2 Å². The first-order valence-electron chi connectivity index (χ1n) is 6.36. The first-order valence-corrected chi connectivity index (χ1v) is 6.74. The second kappa shape index (κ2) is 6.63. The highest BCUT2D eigenvalue weighted by Crippen LogP contribution is 2.35. The van der Waals surface area contributed by atoms with Crippen LogP contribution in [0.1, 0.15) is 13.3 Å². The van der Waals surface area contributed by atoms with E-state index < -0.39 is 11.6 Å². The Morgan fingerprint density at radius 2 is 1.90 bits per heavy atom. The van der Waals surface area contributed by atoms with Crippen molar-refractivity contribution in [1.82, 2.24) is 0 Å². The quantitative estimate of drug-likeness (QED) is 0.808. The maximum atomic E-state index is 13.8. The fourth-order valence-corrected chi connectivity index (χ4v) is 1.81. The van der Waals surface area contributed by atoms with Gasteiger partial charge in [-0.05, 0) is 18.6 Å². The number of hydrogen-bond acceptors (Lipinski definition) is 3. The van der Waals surface area contributed by atoms with E-state index in [-0.39, 0.29) is 28.0 Å². The topological polar surface area (TPSA) is 44.5 Å². The van der Waals surface area contributed by atoms with Gasteiger partial charge in [-0.2, -0.15) is 0 Å². The Bertz CT molecular complexity index is 650. The van der Waals surface area contributed by atoms with Crippen LogP contribution in [0.2, 0.25) is 5.02 Å². The predicted octanol–water partition coefficient (Wildman–Crippen LogP) is 4.78. The third-order valence-corrected chi connectivity index (χ3v) is 2.95. The van der Waals surface area contributed by atoms with Crippen molar-refractivity contribution < 1.29 is 18.3 Å². The molecule has 0 saturated carbocycles. The Hall–Kier alpha value is -2.01. The Morgan fingerprint density at radius 1 is 1.14 bits per heavy atom. The minimum absolute atomic E-state index is 0.00323. The van der Waals surface area contributed by atoms with Crippen molar-refractivity contribution in [2.75, 3.05) is 12.3 Å². The Balaban J connectivity index is 2.33. The molecule has 21 heavy (non-hydrogen) atoms. The molecule has 0 saturated heterocycles. The van der Waals surface area contributed by atoms with Crippen molar-refractivity contribution in [3.8, 4) is 17.2 Å². The molecule has 2 aromatic carbocycles. The maximum Gasteiger partial charge on any atom is 0.184 e. The summed E-state index contributed by atoms with van der Waals surface area (Å²) in [5.74, 6) is -1.30. The van der Waals surface area contributed by atoms with E-state index in [0.29, 0.717) is 6.61 Å². The van der Waals surface area contributed by atoms with Gasteiger partial charge in [0.1, 0.15) is 0 Å². The molecule has 0 bridgehead atoms. The van der Waals surface area contributed by atoms with E-state index >= 15 is 0 Å². The van der Waals surface area contributed by atoms with Gasteiger partial charge in [0.25, 0.3) is 0 Å². The molecule has 6 heteroatoms. The van der Waals surface area contributed by atoms with Gasteiger partial charge in [-0.3, -0.25) is 0 Å². The van der Waals surface area contributed by atoms with Gasteiger partial charge in [-0.25, -0.2) is 8.78 Å². The molecule has 0 unspecified atom stereocenters. The maximum absolute atomic E-state index is 13.8. The SMILES string of the molecule is CCCOc1cc(Oc2cccc(Cl)c2F)c(N)cc1F. The zero-order chi connectivity index (χ0) is 15.4. The van der Waals surface area contributed by atoms with Crippen LogP contribution in [-0.4, -0.2) is 6.61 Å². The van der Waals surface area contributed by atoms with Crippen molar-refractivity contribution in [1.29, 1.82) is 0 Å². The summed E-state index contributed by atoms with van der Waals surface area (Å²) in [5, 5.41) is -0.0735. The molecule has 0 aliphatic rings. The normalized spacial score (nSPS) is 10.5. The van der Waals surface area contributed by atoms with Crippen LogP contribution in [0.4, 0.5) is 14.5 Å². The zero-order valence-corrected chi connectivity index (χ0v) is 12.1. The second-order valence-corrected chi connectivity index (χ2v) is 4.73. The molecular formula is C15H14ClF2NO2. The average Bonchev–Trinajstić information content (AvgIpc) is 2.45. The van der Waals surface area contributed by atoms with E-state index in [9.17, 15) is 8.78 Å². The lowest BCUT2D eigenvalue weighted by molar-refractivity contribution is 0.299. The summed E-state index contributed by atoms with van der Waals surface area (Å²) < 4.78 is 38.1. The molecule has 0 aliphatic heterocycles. The molecule has 0 spiro atoms. The Morgan fingerprint density at radius 3 is 2.62 bits per heavy atom. The molecule has 2 aromatic rings. The van der Waals surface area contributed by atoms with Gasteiger partial charge in [0.2, 0.25) is 0 Å². The standard InChI is InChI=1S/C15H14ClF2NO2/c1-2-6-20-13-8-14(11(19)7-10(13)17)21-12-5-3-4-9(16)15(12)18/h3-5,7-8H,2,6,19H2,1H3. The van der Waals surface area contributed by atoms with E-state index in [1.165, 1.54) is 24.3 Å². The van der Waals surface area contributed by atoms with Crippen molar-refractivity contribution in [2.24, 2.45) is 0 Å². The van der Waals surface area contributed by atoms with Gasteiger partial charge in [0.15, 0.2) is 28.9 Å². The number of halogens is 3. The molecular weight excluding hydrogens is 300 g/mol. The van der Waals surface area contributed by atoms with E-state index in [0.717, 1.165) is 12.5 Å². The summed E-state index contributed by atoms with van der Waals surface area (Å²) in [5.41, 5.74) is 5.72. The molecule has 3 nitrogen and oxygen atoms in total. The van der Waals surface area contributed by atoms with E-state index in [2.05, 4.69) is 0 Å². The molecule has 0 radical (unpaired) electrons. The van der Waals surface area contributed by atoms with E-state index in [4.69, 9.17) is 26.8 Å². The van der Waals surface area contributed by atoms with Gasteiger partial charge in [-0.15, -0.1) is 0 Å². The number of ether oxygens (including phenoxy) is 2. The molecule has 0 aliphatic carbocycles. The van der Waals surface area contributed by atoms with Crippen LogP contribution in [0.15, 0.2) is 30.3 Å². The summed E-state index contributed by atoms with van der Waals surface area (Å²) in [6, 6.07) is 6.70. The Labute approximate surface area is 126 Å². The number of nitrogen functional groups attached to an aromatic ring is 1. The van der Waals surface area contributed by atoms with Crippen LogP contribution < -0.4 is 15.2 Å². The van der Waals surface area contributed by atoms with Gasteiger partial charge in [0.05, 0.1) is 17.3 Å². The highest BCUT2D eigenvalue weighted by atomic mass is 35.5. The first kappa shape index (κ1) is 15.4. The van der Waals surface area contributed by atoms with Gasteiger partial charge < -0.3 is 15.2 Å². The minimum Gasteiger partial charge on any atom is -0.490 e. The van der Waals surface area contributed by atoms with Gasteiger partial charge in [0, 0.05) is 12.1 Å². The van der Waals surface area contributed by atoms with Crippen molar-refractivity contribution >= 4 is 17.3 Å². The second-order valence-electron chi connectivity index (χ2n) is 4.32. The summed E-state index contributed by atoms with van der Waals surface area (Å²) in [4.78, 5) is 0. The highest BCUT2D eigenvalue weighted by Gasteiger charge is 2.14. The van der Waals surface area contributed by atoms with E-state index in [1.54, 1.807) is 0 Å². The van der Waals surface area contributed by atoms with Crippen LogP contribution in [0.25, 0.3) is 0 Å². The average molecular weight is 314 g/mol. The smallest absolute Gasteiger partial charge is 0.184 e. The molecule has 2 N–H and O–H groups in total. The first-order chi connectivity index (χ1) is 10.0. The molecule has 2 rings (SSSR count). The molecule has 0 atom stereocenters. The summed E-state index contributed by atoms with van der Waals surface area (Å²) in [6.07, 6.45) is 0.725. The predicted molar refractivity (Wildman–Crippen MR) is 78.1 cm³/mol. The fourth-order valence-electron chi connectivity index (χ4n) is 1.64. The third-order valence-electron chi connectivity index (χ3n) is 2.66. The van der Waals surface area contributed by atoms with Crippen LogP contribution in [-0.2, 0) is 0 Å². The lowest BCUT2D eigenvalue weighted by Gasteiger charge is -2.13. The molecule has 0 heterocycles. The summed E-state index contributed by atoms with van der Waals surface area (Å²) >= 11 is 5.67. The Kier molecular flexibility index (Phi) is 4.85. The van der Waals surface area contributed by atoms with Gasteiger partial charge >= 0.3 is 0 Å². The molecule has 0 fully saturated rings. The third kappa shape index (κ3) is 3.55. The van der Waals surface area contributed by atoms with Crippen molar-refractivity contribution in [3.63, 3.8) is 0 Å². The number of rotatable bonds is 5. The number of hydrogen-bond donors (Lipinski definition) is 1. The molecule has 112 valence electrons. The fraction of sp³-hybridized carbons (Fsp3) is 0.200. The van der Waals surface area contributed by atoms with Crippen LogP contribution >= 0.6 is 11.6 Å². The monoisotopic (exact) mass is 313 g/mol. The van der Waals surface area contributed by atoms with Gasteiger partial charge in [-0.1, -0.05) is 24.6 Å². The summed E-state index contributed by atoms with van der Waals surface area (Å²) in [7, 11) is 0. The molecule has 0 aromatic heterocycles.